The SMILES string of the molecule is Cc1nc(CN(C)CC2(C(=O)O)CCCC2)cs1. The van der Waals surface area contributed by atoms with Crippen molar-refractivity contribution < 1.29 is 9.90 Å². The molecule has 4 nitrogen and oxygen atoms in total. The van der Waals surface area contributed by atoms with Crippen LogP contribution in [-0.4, -0.2) is 34.6 Å². The minimum Gasteiger partial charge on any atom is -0.481 e. The molecule has 0 unspecified atom stereocenters. The van der Waals surface area contributed by atoms with E-state index in [1.54, 1.807) is 11.3 Å². The summed E-state index contributed by atoms with van der Waals surface area (Å²) in [6.07, 6.45) is 3.69. The van der Waals surface area contributed by atoms with Crippen molar-refractivity contribution in [1.82, 2.24) is 9.88 Å². The van der Waals surface area contributed by atoms with Gasteiger partial charge in [0.1, 0.15) is 0 Å². The van der Waals surface area contributed by atoms with Crippen LogP contribution in [0.3, 0.4) is 0 Å². The Bertz CT molecular complexity index is 424. The second-order valence-electron chi connectivity index (χ2n) is 5.32. The number of aliphatic carboxylic acids is 1. The molecule has 0 aliphatic heterocycles. The van der Waals surface area contributed by atoms with E-state index in [0.717, 1.165) is 42.9 Å². The molecule has 1 saturated carbocycles. The summed E-state index contributed by atoms with van der Waals surface area (Å²) in [5, 5.41) is 12.6. The molecular formula is C13H20N2O2S. The number of aryl methyl sites for hydroxylation is 1. The van der Waals surface area contributed by atoms with Gasteiger partial charge in [0, 0.05) is 18.5 Å². The van der Waals surface area contributed by atoms with Crippen molar-refractivity contribution in [2.75, 3.05) is 13.6 Å². The van der Waals surface area contributed by atoms with Gasteiger partial charge >= 0.3 is 5.97 Å². The van der Waals surface area contributed by atoms with Crippen molar-refractivity contribution in [1.29, 1.82) is 0 Å². The number of carbonyl (C=O) groups is 1. The van der Waals surface area contributed by atoms with Crippen molar-refractivity contribution in [3.05, 3.63) is 16.1 Å². The molecule has 1 aliphatic carbocycles. The van der Waals surface area contributed by atoms with E-state index in [1.807, 2.05) is 19.4 Å². The standard InChI is InChI=1S/C13H20N2O2S/c1-10-14-11(8-18-10)7-15(2)9-13(12(16)17)5-3-4-6-13/h8H,3-7,9H2,1-2H3,(H,16,17). The molecule has 0 radical (unpaired) electrons. The van der Waals surface area contributed by atoms with Gasteiger partial charge in [-0.15, -0.1) is 11.3 Å². The lowest BCUT2D eigenvalue weighted by Gasteiger charge is -2.29. The zero-order valence-corrected chi connectivity index (χ0v) is 11.8. The highest BCUT2D eigenvalue weighted by molar-refractivity contribution is 7.09. The van der Waals surface area contributed by atoms with Crippen LogP contribution in [0.5, 0.6) is 0 Å². The minimum atomic E-state index is -0.638. The third-order valence-electron chi connectivity index (χ3n) is 3.69. The molecule has 0 spiro atoms. The molecule has 0 atom stereocenters. The van der Waals surface area contributed by atoms with E-state index in [1.165, 1.54) is 0 Å². The highest BCUT2D eigenvalue weighted by Crippen LogP contribution is 2.39. The molecule has 5 heteroatoms. The lowest BCUT2D eigenvalue weighted by atomic mass is 9.86. The third kappa shape index (κ3) is 2.90. The Hall–Kier alpha value is -0.940. The van der Waals surface area contributed by atoms with Crippen LogP contribution in [0.25, 0.3) is 0 Å². The van der Waals surface area contributed by atoms with Gasteiger partial charge < -0.3 is 5.11 Å². The van der Waals surface area contributed by atoms with E-state index in [9.17, 15) is 9.90 Å². The number of carboxylic acid groups (broad SMARTS) is 1. The second-order valence-corrected chi connectivity index (χ2v) is 6.38. The first-order valence-corrected chi connectivity index (χ1v) is 7.23. The number of nitrogens with zero attached hydrogens (tertiary/aromatic N) is 2. The maximum absolute atomic E-state index is 11.5. The molecule has 0 bridgehead atoms. The Morgan fingerprint density at radius 2 is 2.22 bits per heavy atom. The molecule has 1 heterocycles. The molecule has 0 aromatic carbocycles. The molecule has 1 aromatic heterocycles. The van der Waals surface area contributed by atoms with Crippen LogP contribution in [-0.2, 0) is 11.3 Å². The van der Waals surface area contributed by atoms with Crippen molar-refractivity contribution in [2.45, 2.75) is 39.2 Å². The summed E-state index contributed by atoms with van der Waals surface area (Å²) in [4.78, 5) is 18.0. The smallest absolute Gasteiger partial charge is 0.310 e. The fourth-order valence-corrected chi connectivity index (χ4v) is 3.43. The van der Waals surface area contributed by atoms with Crippen LogP contribution in [0.15, 0.2) is 5.38 Å². The number of rotatable bonds is 5. The largest absolute Gasteiger partial charge is 0.481 e. The molecule has 100 valence electrons. The van der Waals surface area contributed by atoms with Crippen LogP contribution in [0.4, 0.5) is 0 Å². The highest BCUT2D eigenvalue weighted by atomic mass is 32.1. The van der Waals surface area contributed by atoms with E-state index in [0.29, 0.717) is 6.54 Å². The Morgan fingerprint density at radius 3 is 2.72 bits per heavy atom. The number of hydrogen-bond donors (Lipinski definition) is 1. The van der Waals surface area contributed by atoms with Gasteiger partial charge in [-0.25, -0.2) is 4.98 Å². The second kappa shape index (κ2) is 5.36. The van der Waals surface area contributed by atoms with E-state index in [4.69, 9.17) is 0 Å². The van der Waals surface area contributed by atoms with E-state index >= 15 is 0 Å². The molecule has 1 aromatic rings. The third-order valence-corrected chi connectivity index (χ3v) is 4.51. The Labute approximate surface area is 112 Å². The first kappa shape index (κ1) is 13.5. The predicted octanol–water partition coefficient (Wildman–Crippen LogP) is 2.53. The van der Waals surface area contributed by atoms with Crippen LogP contribution in [0, 0.1) is 12.3 Å². The van der Waals surface area contributed by atoms with Crippen LogP contribution in [0.1, 0.15) is 36.4 Å². The summed E-state index contributed by atoms with van der Waals surface area (Å²) >= 11 is 1.64. The maximum atomic E-state index is 11.5. The van der Waals surface area contributed by atoms with E-state index in [2.05, 4.69) is 9.88 Å². The first-order chi connectivity index (χ1) is 8.52. The summed E-state index contributed by atoms with van der Waals surface area (Å²) in [5.41, 5.74) is 0.512. The van der Waals surface area contributed by atoms with Gasteiger partial charge in [0.05, 0.1) is 16.1 Å². The molecule has 2 rings (SSSR count). The van der Waals surface area contributed by atoms with Crippen molar-refractivity contribution in [3.8, 4) is 0 Å². The van der Waals surface area contributed by atoms with Gasteiger partial charge in [0.2, 0.25) is 0 Å². The lowest BCUT2D eigenvalue weighted by molar-refractivity contribution is -0.149. The lowest BCUT2D eigenvalue weighted by Crippen LogP contribution is -2.39. The van der Waals surface area contributed by atoms with Crippen molar-refractivity contribution in [3.63, 3.8) is 0 Å². The number of thiazole rings is 1. The average molecular weight is 268 g/mol. The fourth-order valence-electron chi connectivity index (χ4n) is 2.82. The van der Waals surface area contributed by atoms with E-state index < -0.39 is 11.4 Å². The zero-order chi connectivity index (χ0) is 13.2. The Kier molecular flexibility index (Phi) is 4.02. The predicted molar refractivity (Wildman–Crippen MR) is 71.7 cm³/mol. The van der Waals surface area contributed by atoms with Gasteiger partial charge in [-0.1, -0.05) is 12.8 Å². The van der Waals surface area contributed by atoms with Crippen LogP contribution >= 0.6 is 11.3 Å². The molecule has 0 amide bonds. The fraction of sp³-hybridized carbons (Fsp3) is 0.692. The average Bonchev–Trinajstić information content (AvgIpc) is 2.89. The van der Waals surface area contributed by atoms with Gasteiger partial charge in [0.25, 0.3) is 0 Å². The number of aromatic nitrogens is 1. The topological polar surface area (TPSA) is 53.4 Å². The molecule has 0 saturated heterocycles. The van der Waals surface area contributed by atoms with Crippen molar-refractivity contribution >= 4 is 17.3 Å². The Balaban J connectivity index is 1.97. The van der Waals surface area contributed by atoms with Crippen molar-refractivity contribution in [2.24, 2.45) is 5.41 Å². The van der Waals surface area contributed by atoms with Gasteiger partial charge in [-0.2, -0.15) is 0 Å². The Morgan fingerprint density at radius 1 is 1.56 bits per heavy atom. The van der Waals surface area contributed by atoms with Gasteiger partial charge in [-0.3, -0.25) is 9.69 Å². The quantitative estimate of drug-likeness (QED) is 0.891. The molecular weight excluding hydrogens is 248 g/mol. The maximum Gasteiger partial charge on any atom is 0.310 e. The summed E-state index contributed by atoms with van der Waals surface area (Å²) < 4.78 is 0. The van der Waals surface area contributed by atoms with Gasteiger partial charge in [0.15, 0.2) is 0 Å². The molecule has 1 N–H and O–H groups in total. The summed E-state index contributed by atoms with van der Waals surface area (Å²) in [6, 6.07) is 0. The number of carboxylic acids is 1. The molecule has 1 fully saturated rings. The number of hydrogen-bond acceptors (Lipinski definition) is 4. The summed E-state index contributed by atoms with van der Waals surface area (Å²) in [7, 11) is 1.98. The monoisotopic (exact) mass is 268 g/mol. The first-order valence-electron chi connectivity index (χ1n) is 6.35. The zero-order valence-electron chi connectivity index (χ0n) is 11.0. The van der Waals surface area contributed by atoms with E-state index in [-0.39, 0.29) is 0 Å². The normalized spacial score (nSPS) is 18.4. The molecule has 18 heavy (non-hydrogen) atoms. The summed E-state index contributed by atoms with van der Waals surface area (Å²) in [5.74, 6) is -0.638. The summed E-state index contributed by atoms with van der Waals surface area (Å²) in [6.45, 7) is 3.35. The highest BCUT2D eigenvalue weighted by Gasteiger charge is 2.41. The van der Waals surface area contributed by atoms with Crippen LogP contribution in [0.2, 0.25) is 0 Å². The van der Waals surface area contributed by atoms with Gasteiger partial charge in [-0.05, 0) is 26.8 Å². The molecule has 1 aliphatic rings. The minimum absolute atomic E-state index is 0.528. The van der Waals surface area contributed by atoms with Crippen LogP contribution < -0.4 is 0 Å².